The van der Waals surface area contributed by atoms with E-state index in [2.05, 4.69) is 15.2 Å². The van der Waals surface area contributed by atoms with Crippen LogP contribution in [0.5, 0.6) is 17.2 Å². The first-order valence-electron chi connectivity index (χ1n) is 19.7. The summed E-state index contributed by atoms with van der Waals surface area (Å²) in [5.74, 6) is 1.34. The van der Waals surface area contributed by atoms with Crippen molar-refractivity contribution in [2.75, 3.05) is 59.0 Å². The number of rotatable bonds is 11. The molecule has 0 bridgehead atoms. The molecule has 6 heterocycles. The van der Waals surface area contributed by atoms with Crippen LogP contribution in [0.1, 0.15) is 49.3 Å². The Hall–Kier alpha value is -5.77. The lowest BCUT2D eigenvalue weighted by Gasteiger charge is -2.36. The van der Waals surface area contributed by atoms with Crippen LogP contribution in [0.4, 0.5) is 10.5 Å². The summed E-state index contributed by atoms with van der Waals surface area (Å²) in [6, 6.07) is 10.8. The van der Waals surface area contributed by atoms with Crippen molar-refractivity contribution >= 4 is 40.4 Å². The van der Waals surface area contributed by atoms with E-state index in [1.165, 1.54) is 9.47 Å². The lowest BCUT2D eigenvalue weighted by Crippen LogP contribution is -2.49. The van der Waals surface area contributed by atoms with Gasteiger partial charge in [0, 0.05) is 87.5 Å². The first kappa shape index (κ1) is 39.1. The highest BCUT2D eigenvalue weighted by Crippen LogP contribution is 2.45. The van der Waals surface area contributed by atoms with Gasteiger partial charge < -0.3 is 33.2 Å². The summed E-state index contributed by atoms with van der Waals surface area (Å²) >= 11 is 0. The molecule has 4 amide bonds. The fourth-order valence-electron chi connectivity index (χ4n) is 8.32. The number of likely N-dealkylation sites (tertiary alicyclic amines) is 2. The van der Waals surface area contributed by atoms with Gasteiger partial charge in [0.05, 0.1) is 44.6 Å². The molecule has 1 N–H and O–H groups in total. The number of benzene rings is 2. The number of methoxy groups -OCH3 is 3. The fraction of sp³-hybridized carbons (Fsp3) is 0.419. The summed E-state index contributed by atoms with van der Waals surface area (Å²) < 4.78 is 31.3. The Morgan fingerprint density at radius 3 is 2.28 bits per heavy atom. The molecule has 4 aromatic rings. The third kappa shape index (κ3) is 7.89. The van der Waals surface area contributed by atoms with Crippen LogP contribution in [0.25, 0.3) is 28.0 Å². The van der Waals surface area contributed by atoms with Gasteiger partial charge >= 0.3 is 6.03 Å². The van der Waals surface area contributed by atoms with Gasteiger partial charge in [-0.1, -0.05) is 6.07 Å². The molecule has 15 heteroatoms. The van der Waals surface area contributed by atoms with Crippen LogP contribution in [0, 0.1) is 0 Å². The maximum absolute atomic E-state index is 13.4. The van der Waals surface area contributed by atoms with E-state index < -0.39 is 6.03 Å². The van der Waals surface area contributed by atoms with Crippen molar-refractivity contribution in [1.29, 1.82) is 0 Å². The summed E-state index contributed by atoms with van der Waals surface area (Å²) in [4.78, 5) is 60.2. The van der Waals surface area contributed by atoms with E-state index in [9.17, 15) is 19.2 Å². The van der Waals surface area contributed by atoms with E-state index in [-0.39, 0.29) is 48.3 Å². The van der Waals surface area contributed by atoms with Gasteiger partial charge in [-0.15, -0.1) is 0 Å². The fourth-order valence-corrected chi connectivity index (χ4v) is 8.32. The number of urea groups is 1. The number of carbonyl (C=O) groups is 3. The molecule has 2 unspecified atom stereocenters. The molecule has 58 heavy (non-hydrogen) atoms. The zero-order valence-corrected chi connectivity index (χ0v) is 33.1. The van der Waals surface area contributed by atoms with Crippen molar-refractivity contribution < 1.29 is 38.1 Å². The van der Waals surface area contributed by atoms with E-state index in [0.29, 0.717) is 53.5 Å². The molecule has 0 aliphatic carbocycles. The Morgan fingerprint density at radius 2 is 1.57 bits per heavy atom. The minimum Gasteiger partial charge on any atom is -0.496 e. The Labute approximate surface area is 336 Å². The molecular weight excluding hydrogens is 745 g/mol. The van der Waals surface area contributed by atoms with E-state index in [1.54, 1.807) is 59.1 Å². The second-order valence-electron chi connectivity index (χ2n) is 15.0. The molecule has 304 valence electrons. The summed E-state index contributed by atoms with van der Waals surface area (Å²) in [6.07, 6.45) is 12.0. The van der Waals surface area contributed by atoms with Crippen molar-refractivity contribution in [3.8, 4) is 28.4 Å². The summed E-state index contributed by atoms with van der Waals surface area (Å²) in [5.41, 5.74) is 3.69. The molecule has 4 fully saturated rings. The molecule has 0 saturated carbocycles. The first-order valence-corrected chi connectivity index (χ1v) is 19.7. The van der Waals surface area contributed by atoms with E-state index in [1.807, 2.05) is 41.3 Å². The molecule has 0 radical (unpaired) electrons. The van der Waals surface area contributed by atoms with Crippen LogP contribution < -0.4 is 30.0 Å². The predicted molar refractivity (Wildman–Crippen MR) is 216 cm³/mol. The zero-order chi connectivity index (χ0) is 40.5. The third-order valence-electron chi connectivity index (χ3n) is 11.6. The Kier molecular flexibility index (Phi) is 11.2. The van der Waals surface area contributed by atoms with Gasteiger partial charge in [0.1, 0.15) is 29.6 Å². The first-order chi connectivity index (χ1) is 28.1. The van der Waals surface area contributed by atoms with Crippen LogP contribution in [0.3, 0.4) is 0 Å². The maximum Gasteiger partial charge on any atom is 0.328 e. The number of aromatic nitrogens is 2. The summed E-state index contributed by atoms with van der Waals surface area (Å²) in [5, 5.41) is 3.64. The second kappa shape index (κ2) is 16.6. The molecule has 4 saturated heterocycles. The van der Waals surface area contributed by atoms with Crippen molar-refractivity contribution in [3.05, 3.63) is 82.5 Å². The summed E-state index contributed by atoms with van der Waals surface area (Å²) in [6.45, 7) is 3.21. The highest BCUT2D eigenvalue weighted by atomic mass is 16.6. The number of fused-ring (bicyclic) bond motifs is 1. The smallest absolute Gasteiger partial charge is 0.328 e. The molecule has 2 aromatic carbocycles. The van der Waals surface area contributed by atoms with Crippen LogP contribution in [0.2, 0.25) is 0 Å². The lowest BCUT2D eigenvalue weighted by molar-refractivity contribution is -0.130. The molecule has 2 aromatic heterocycles. The lowest BCUT2D eigenvalue weighted by atomic mass is 9.98. The molecule has 0 spiro atoms. The number of nitrogens with zero attached hydrogens (tertiary/aromatic N) is 5. The average Bonchev–Trinajstić information content (AvgIpc) is 4.05. The SMILES string of the molecule is COc1cc(-c2cn(C)c(=O)c3cnccc23)c(OC)cc1/C=C/C(=O)N1CCC(OC2CCN(C3OC3c3ccc(OC)c(N4CCC(=O)NC4=O)c3)CC2)CC1. The Bertz CT molecular complexity index is 2310. The second-order valence-corrected chi connectivity index (χ2v) is 15.0. The van der Waals surface area contributed by atoms with E-state index in [0.717, 1.165) is 60.8 Å². The Morgan fingerprint density at radius 1 is 0.845 bits per heavy atom. The highest BCUT2D eigenvalue weighted by Gasteiger charge is 2.46. The van der Waals surface area contributed by atoms with Crippen molar-refractivity contribution in [2.45, 2.75) is 56.6 Å². The molecular formula is C43H48N6O9. The average molecular weight is 793 g/mol. The number of piperidine rings is 2. The summed E-state index contributed by atoms with van der Waals surface area (Å²) in [7, 11) is 6.44. The third-order valence-corrected chi connectivity index (χ3v) is 11.6. The molecule has 8 rings (SSSR count). The number of imide groups is 1. The molecule has 2 atom stereocenters. The van der Waals surface area contributed by atoms with Crippen LogP contribution in [-0.2, 0) is 26.1 Å². The van der Waals surface area contributed by atoms with Crippen molar-refractivity contribution in [3.63, 3.8) is 0 Å². The number of hydrogen-bond acceptors (Lipinski definition) is 11. The minimum absolute atomic E-state index is 0.0428. The number of nitrogens with one attached hydrogen (secondary N) is 1. The normalized spacial score (nSPS) is 20.8. The van der Waals surface area contributed by atoms with E-state index in [4.69, 9.17) is 23.7 Å². The van der Waals surface area contributed by atoms with Gasteiger partial charge in [0.15, 0.2) is 0 Å². The van der Waals surface area contributed by atoms with Crippen LogP contribution in [0.15, 0.2) is 65.9 Å². The van der Waals surface area contributed by atoms with Crippen molar-refractivity contribution in [1.82, 2.24) is 24.7 Å². The number of carbonyl (C=O) groups excluding carboxylic acids is 3. The number of pyridine rings is 2. The van der Waals surface area contributed by atoms with E-state index >= 15 is 0 Å². The van der Waals surface area contributed by atoms with Gasteiger partial charge in [0.2, 0.25) is 11.8 Å². The number of aryl methyl sites for hydroxylation is 1. The van der Waals surface area contributed by atoms with Crippen molar-refractivity contribution in [2.24, 2.45) is 7.05 Å². The number of amides is 4. The van der Waals surface area contributed by atoms with Crippen LogP contribution >= 0.6 is 0 Å². The Balaban J connectivity index is 0.828. The minimum atomic E-state index is -0.454. The zero-order valence-electron chi connectivity index (χ0n) is 33.1. The monoisotopic (exact) mass is 792 g/mol. The maximum atomic E-state index is 13.4. The highest BCUT2D eigenvalue weighted by molar-refractivity contribution is 6.06. The molecule has 4 aliphatic rings. The van der Waals surface area contributed by atoms with Gasteiger partial charge in [-0.05, 0) is 73.0 Å². The van der Waals surface area contributed by atoms with Gasteiger partial charge in [-0.25, -0.2) is 4.79 Å². The van der Waals surface area contributed by atoms with Crippen LogP contribution in [-0.4, -0.2) is 110 Å². The number of anilines is 1. The topological polar surface area (TPSA) is 157 Å². The number of ether oxygens (including phenoxy) is 5. The molecule has 4 aliphatic heterocycles. The van der Waals surface area contributed by atoms with Gasteiger partial charge in [-0.2, -0.15) is 0 Å². The van der Waals surface area contributed by atoms with Gasteiger partial charge in [-0.3, -0.25) is 34.5 Å². The largest absolute Gasteiger partial charge is 0.496 e. The number of epoxide rings is 1. The predicted octanol–water partition coefficient (Wildman–Crippen LogP) is 4.66. The molecule has 15 nitrogen and oxygen atoms in total. The standard InChI is InChI=1S/C43H48N6O9/c1-46-25-33(30-9-15-44-24-32(30)41(46)52)31-23-36(55-3)26(22-37(31)56-4)6-8-39(51)47-16-10-28(11-17-47)57-29-12-18-48(19-13-29)42-40(58-42)27-5-7-35(54-2)34(21-27)49-20-14-38(50)45-43(49)53/h5-9,15,21-25,28-29,40,42H,10-14,16-20H2,1-4H3,(H,45,50,53)/b8-6+. The van der Waals surface area contributed by atoms with Gasteiger partial charge in [0.25, 0.3) is 5.56 Å². The number of hydrogen-bond donors (Lipinski definition) is 1. The quantitative estimate of drug-likeness (QED) is 0.167.